The molecule has 112 valence electrons. The van der Waals surface area contributed by atoms with E-state index in [2.05, 4.69) is 5.10 Å². The molecule has 0 fully saturated rings. The second kappa shape index (κ2) is 6.54. The van der Waals surface area contributed by atoms with Crippen LogP contribution in [0.25, 0.3) is 16.9 Å². The number of aryl methyl sites for hydroxylation is 1. The van der Waals surface area contributed by atoms with E-state index in [0.717, 1.165) is 35.3 Å². The summed E-state index contributed by atoms with van der Waals surface area (Å²) in [7, 11) is 0. The lowest BCUT2D eigenvalue weighted by atomic mass is 10.0. The van der Waals surface area contributed by atoms with Crippen LogP contribution in [0.1, 0.15) is 12.0 Å². The number of para-hydroxylation sites is 1. The van der Waals surface area contributed by atoms with Gasteiger partial charge in [-0.2, -0.15) is 5.10 Å². The first-order valence-electron chi connectivity index (χ1n) is 7.38. The molecule has 0 spiro atoms. The van der Waals surface area contributed by atoms with E-state index in [4.69, 9.17) is 5.73 Å². The average Bonchev–Trinajstić information content (AvgIpc) is 2.98. The molecule has 4 heteroatoms. The van der Waals surface area contributed by atoms with E-state index in [-0.39, 0.29) is 5.82 Å². The third-order valence-corrected chi connectivity index (χ3v) is 3.58. The van der Waals surface area contributed by atoms with Crippen molar-refractivity contribution in [1.82, 2.24) is 9.78 Å². The van der Waals surface area contributed by atoms with E-state index in [1.54, 1.807) is 12.1 Å². The van der Waals surface area contributed by atoms with Crippen LogP contribution in [0.3, 0.4) is 0 Å². The van der Waals surface area contributed by atoms with E-state index >= 15 is 0 Å². The van der Waals surface area contributed by atoms with Crippen molar-refractivity contribution in [3.05, 3.63) is 72.2 Å². The maximum Gasteiger partial charge on any atom is 0.123 e. The van der Waals surface area contributed by atoms with Crippen LogP contribution in [0.4, 0.5) is 4.39 Å². The summed E-state index contributed by atoms with van der Waals surface area (Å²) < 4.78 is 15.0. The fraction of sp³-hybridized carbons (Fsp3) is 0.167. The molecule has 1 aromatic heterocycles. The Labute approximate surface area is 129 Å². The monoisotopic (exact) mass is 295 g/mol. The summed E-state index contributed by atoms with van der Waals surface area (Å²) in [6.07, 6.45) is 3.79. The maximum atomic E-state index is 13.1. The first kappa shape index (κ1) is 14.5. The Morgan fingerprint density at radius 2 is 1.73 bits per heavy atom. The van der Waals surface area contributed by atoms with Gasteiger partial charge in [-0.15, -0.1) is 0 Å². The smallest absolute Gasteiger partial charge is 0.123 e. The highest BCUT2D eigenvalue weighted by atomic mass is 19.1. The Bertz CT molecular complexity index is 733. The SMILES string of the molecule is NCCCc1cn(-c2ccccc2)nc1-c1ccc(F)cc1. The Hall–Kier alpha value is -2.46. The summed E-state index contributed by atoms with van der Waals surface area (Å²) in [5.41, 5.74) is 9.56. The summed E-state index contributed by atoms with van der Waals surface area (Å²) >= 11 is 0. The van der Waals surface area contributed by atoms with Crippen LogP contribution in [-0.2, 0) is 6.42 Å². The fourth-order valence-electron chi connectivity index (χ4n) is 2.45. The minimum absolute atomic E-state index is 0.241. The second-order valence-corrected chi connectivity index (χ2v) is 5.18. The van der Waals surface area contributed by atoms with E-state index in [0.29, 0.717) is 6.54 Å². The van der Waals surface area contributed by atoms with Gasteiger partial charge in [0.05, 0.1) is 11.4 Å². The van der Waals surface area contributed by atoms with Crippen molar-refractivity contribution in [2.75, 3.05) is 6.54 Å². The number of halogens is 1. The molecule has 0 amide bonds. The Morgan fingerprint density at radius 3 is 2.41 bits per heavy atom. The summed E-state index contributed by atoms with van der Waals surface area (Å²) in [4.78, 5) is 0. The van der Waals surface area contributed by atoms with Gasteiger partial charge in [-0.25, -0.2) is 9.07 Å². The highest BCUT2D eigenvalue weighted by molar-refractivity contribution is 5.63. The van der Waals surface area contributed by atoms with Gasteiger partial charge in [0.1, 0.15) is 5.82 Å². The van der Waals surface area contributed by atoms with Crippen LogP contribution < -0.4 is 5.73 Å². The van der Waals surface area contributed by atoms with Crippen LogP contribution >= 0.6 is 0 Å². The number of hydrogen-bond donors (Lipinski definition) is 1. The minimum atomic E-state index is -0.241. The van der Waals surface area contributed by atoms with Crippen LogP contribution in [0.2, 0.25) is 0 Å². The lowest BCUT2D eigenvalue weighted by molar-refractivity contribution is 0.628. The summed E-state index contributed by atoms with van der Waals surface area (Å²) in [6.45, 7) is 0.638. The molecule has 2 aromatic carbocycles. The van der Waals surface area contributed by atoms with Gasteiger partial charge < -0.3 is 5.73 Å². The molecule has 0 saturated heterocycles. The zero-order valence-corrected chi connectivity index (χ0v) is 12.2. The summed E-state index contributed by atoms with van der Waals surface area (Å²) in [6, 6.07) is 16.4. The van der Waals surface area contributed by atoms with E-state index in [1.807, 2.05) is 41.2 Å². The zero-order valence-electron chi connectivity index (χ0n) is 12.2. The molecule has 0 bridgehead atoms. The Kier molecular flexibility index (Phi) is 4.30. The van der Waals surface area contributed by atoms with Gasteiger partial charge >= 0.3 is 0 Å². The predicted molar refractivity (Wildman–Crippen MR) is 86.3 cm³/mol. The standard InChI is InChI=1S/C18H18FN3/c19-16-10-8-14(9-11-16)18-15(5-4-12-20)13-22(21-18)17-6-2-1-3-7-17/h1-3,6-11,13H,4-5,12,20H2. The molecule has 2 N–H and O–H groups in total. The number of nitrogens with two attached hydrogens (primary N) is 1. The molecule has 0 aliphatic carbocycles. The topological polar surface area (TPSA) is 43.8 Å². The molecule has 1 heterocycles. The highest BCUT2D eigenvalue weighted by Crippen LogP contribution is 2.25. The van der Waals surface area contributed by atoms with E-state index in [9.17, 15) is 4.39 Å². The van der Waals surface area contributed by atoms with Crippen LogP contribution in [0.5, 0.6) is 0 Å². The first-order valence-corrected chi connectivity index (χ1v) is 7.38. The average molecular weight is 295 g/mol. The number of benzene rings is 2. The number of hydrogen-bond acceptors (Lipinski definition) is 2. The lowest BCUT2D eigenvalue weighted by Crippen LogP contribution is -2.00. The highest BCUT2D eigenvalue weighted by Gasteiger charge is 2.12. The van der Waals surface area contributed by atoms with Gasteiger partial charge in [0.15, 0.2) is 0 Å². The van der Waals surface area contributed by atoms with Crippen molar-refractivity contribution < 1.29 is 4.39 Å². The second-order valence-electron chi connectivity index (χ2n) is 5.18. The minimum Gasteiger partial charge on any atom is -0.330 e. The molecule has 0 saturated carbocycles. The molecule has 0 atom stereocenters. The number of aromatic nitrogens is 2. The van der Waals surface area contributed by atoms with Crippen molar-refractivity contribution in [2.24, 2.45) is 5.73 Å². The van der Waals surface area contributed by atoms with Crippen LogP contribution in [0.15, 0.2) is 60.8 Å². The predicted octanol–water partition coefficient (Wildman–Crippen LogP) is 3.57. The van der Waals surface area contributed by atoms with Gasteiger partial charge in [-0.05, 0) is 61.3 Å². The van der Waals surface area contributed by atoms with Crippen LogP contribution in [0, 0.1) is 5.82 Å². The van der Waals surface area contributed by atoms with Gasteiger partial charge in [-0.3, -0.25) is 0 Å². The van der Waals surface area contributed by atoms with Crippen molar-refractivity contribution in [3.63, 3.8) is 0 Å². The largest absolute Gasteiger partial charge is 0.330 e. The van der Waals surface area contributed by atoms with Crippen molar-refractivity contribution in [3.8, 4) is 16.9 Å². The summed E-state index contributed by atoms with van der Waals surface area (Å²) in [5, 5.41) is 4.69. The molecule has 0 radical (unpaired) electrons. The molecule has 3 nitrogen and oxygen atoms in total. The molecular weight excluding hydrogens is 277 g/mol. The first-order chi connectivity index (χ1) is 10.8. The molecule has 0 unspecified atom stereocenters. The molecular formula is C18H18FN3. The third-order valence-electron chi connectivity index (χ3n) is 3.58. The number of nitrogens with zero attached hydrogens (tertiary/aromatic N) is 2. The normalized spacial score (nSPS) is 10.8. The van der Waals surface area contributed by atoms with Gasteiger partial charge in [0, 0.05) is 11.8 Å². The maximum absolute atomic E-state index is 13.1. The molecule has 3 rings (SSSR count). The Morgan fingerprint density at radius 1 is 1.00 bits per heavy atom. The van der Waals surface area contributed by atoms with Gasteiger partial charge in [0.25, 0.3) is 0 Å². The molecule has 0 aliphatic heterocycles. The quantitative estimate of drug-likeness (QED) is 0.782. The summed E-state index contributed by atoms with van der Waals surface area (Å²) in [5.74, 6) is -0.241. The third kappa shape index (κ3) is 3.07. The molecule has 22 heavy (non-hydrogen) atoms. The van der Waals surface area contributed by atoms with Crippen LogP contribution in [-0.4, -0.2) is 16.3 Å². The number of rotatable bonds is 5. The fourth-order valence-corrected chi connectivity index (χ4v) is 2.45. The van der Waals surface area contributed by atoms with E-state index < -0.39 is 0 Å². The molecule has 0 aliphatic rings. The Balaban J connectivity index is 2.03. The molecule has 3 aromatic rings. The lowest BCUT2D eigenvalue weighted by Gasteiger charge is -2.01. The van der Waals surface area contributed by atoms with E-state index in [1.165, 1.54) is 12.1 Å². The van der Waals surface area contributed by atoms with Gasteiger partial charge in [0.2, 0.25) is 0 Å². The zero-order chi connectivity index (χ0) is 15.4. The van der Waals surface area contributed by atoms with Crippen molar-refractivity contribution >= 4 is 0 Å². The van der Waals surface area contributed by atoms with Crippen molar-refractivity contribution in [2.45, 2.75) is 12.8 Å². The van der Waals surface area contributed by atoms with Crippen molar-refractivity contribution in [1.29, 1.82) is 0 Å². The van der Waals surface area contributed by atoms with Gasteiger partial charge in [-0.1, -0.05) is 18.2 Å².